The van der Waals surface area contributed by atoms with Crippen molar-refractivity contribution < 1.29 is 4.39 Å². The average molecular weight is 411 g/mol. The predicted molar refractivity (Wildman–Crippen MR) is 118 cm³/mol. The molecule has 0 N–H and O–H groups in total. The number of fused-ring (bicyclic) bond motifs is 1. The van der Waals surface area contributed by atoms with Crippen LogP contribution in [0.15, 0.2) is 54.7 Å². The molecule has 2 aromatic carbocycles. The quantitative estimate of drug-likeness (QED) is 0.455. The minimum absolute atomic E-state index is 0.0122. The lowest BCUT2D eigenvalue weighted by atomic mass is 9.97. The van der Waals surface area contributed by atoms with Crippen LogP contribution in [0.25, 0.3) is 16.9 Å². The van der Waals surface area contributed by atoms with Crippen LogP contribution in [0.4, 0.5) is 10.2 Å². The number of hydrogen-bond donors (Lipinski definition) is 0. The molecule has 0 radical (unpaired) electrons. The van der Waals surface area contributed by atoms with E-state index in [1.165, 1.54) is 22.8 Å². The van der Waals surface area contributed by atoms with Crippen molar-refractivity contribution >= 4 is 11.5 Å². The third-order valence-corrected chi connectivity index (χ3v) is 6.07. The van der Waals surface area contributed by atoms with Crippen LogP contribution in [0.5, 0.6) is 0 Å². The van der Waals surface area contributed by atoms with Crippen molar-refractivity contribution in [2.24, 2.45) is 0 Å². The molecule has 4 aromatic rings. The van der Waals surface area contributed by atoms with Crippen LogP contribution in [0, 0.1) is 31.0 Å². The number of imidazole rings is 1. The standard InChI is InChI=1S/C25H22FN5/c1-16-5-6-17(2)20(12-16)22-4-3-11-30(22)25-10-9-24-28-15-23(31(24)29-25)18-7-8-21(26)19(13-18)14-27/h5-10,12-13,15,22H,3-4,11H2,1-2H3. The van der Waals surface area contributed by atoms with Crippen molar-refractivity contribution in [2.45, 2.75) is 32.7 Å². The summed E-state index contributed by atoms with van der Waals surface area (Å²) >= 11 is 0. The maximum Gasteiger partial charge on any atom is 0.154 e. The number of anilines is 1. The fourth-order valence-corrected chi connectivity index (χ4v) is 4.47. The van der Waals surface area contributed by atoms with Crippen LogP contribution in [-0.4, -0.2) is 21.1 Å². The monoisotopic (exact) mass is 411 g/mol. The van der Waals surface area contributed by atoms with Gasteiger partial charge in [-0.25, -0.2) is 13.9 Å². The average Bonchev–Trinajstić information content (AvgIpc) is 3.42. The summed E-state index contributed by atoms with van der Waals surface area (Å²) in [5, 5.41) is 14.1. The van der Waals surface area contributed by atoms with E-state index in [0.717, 1.165) is 30.9 Å². The van der Waals surface area contributed by atoms with E-state index in [0.29, 0.717) is 11.2 Å². The highest BCUT2D eigenvalue weighted by atomic mass is 19.1. The van der Waals surface area contributed by atoms with Crippen molar-refractivity contribution in [3.8, 4) is 17.3 Å². The number of aryl methyl sites for hydroxylation is 2. The summed E-state index contributed by atoms with van der Waals surface area (Å²) in [6.07, 6.45) is 3.91. The zero-order valence-corrected chi connectivity index (χ0v) is 17.5. The first-order valence-corrected chi connectivity index (χ1v) is 10.4. The van der Waals surface area contributed by atoms with Crippen LogP contribution < -0.4 is 4.90 Å². The zero-order valence-electron chi connectivity index (χ0n) is 17.5. The highest BCUT2D eigenvalue weighted by Gasteiger charge is 2.28. The number of hydrogen-bond acceptors (Lipinski definition) is 4. The van der Waals surface area contributed by atoms with E-state index in [9.17, 15) is 9.65 Å². The van der Waals surface area contributed by atoms with Gasteiger partial charge >= 0.3 is 0 Å². The molecule has 1 aliphatic rings. The first kappa shape index (κ1) is 19.3. The fraction of sp³-hybridized carbons (Fsp3) is 0.240. The van der Waals surface area contributed by atoms with E-state index in [4.69, 9.17) is 5.10 Å². The SMILES string of the molecule is Cc1ccc(C)c(C2CCCN2c2ccc3ncc(-c4ccc(F)c(C#N)c4)n3n2)c1. The van der Waals surface area contributed by atoms with Crippen LogP contribution in [-0.2, 0) is 0 Å². The van der Waals surface area contributed by atoms with Gasteiger partial charge in [-0.2, -0.15) is 5.26 Å². The van der Waals surface area contributed by atoms with Crippen molar-refractivity contribution in [3.63, 3.8) is 0 Å². The molecule has 1 unspecified atom stereocenters. The van der Waals surface area contributed by atoms with Gasteiger partial charge in [-0.05, 0) is 68.1 Å². The van der Waals surface area contributed by atoms with E-state index in [1.54, 1.807) is 22.8 Å². The van der Waals surface area contributed by atoms with Gasteiger partial charge < -0.3 is 4.90 Å². The molecule has 1 aliphatic heterocycles. The molecule has 5 rings (SSSR count). The van der Waals surface area contributed by atoms with Crippen LogP contribution >= 0.6 is 0 Å². The Balaban J connectivity index is 1.58. The van der Waals surface area contributed by atoms with Gasteiger partial charge in [0, 0.05) is 12.1 Å². The second-order valence-corrected chi connectivity index (χ2v) is 8.12. The minimum Gasteiger partial charge on any atom is -0.348 e. The van der Waals surface area contributed by atoms with Gasteiger partial charge in [-0.1, -0.05) is 23.8 Å². The molecule has 1 atom stereocenters. The lowest BCUT2D eigenvalue weighted by Gasteiger charge is -2.27. The second kappa shape index (κ2) is 7.51. The molecular weight excluding hydrogens is 389 g/mol. The lowest BCUT2D eigenvalue weighted by Crippen LogP contribution is -2.25. The number of aromatic nitrogens is 3. The molecule has 0 spiro atoms. The molecule has 3 heterocycles. The Hall–Kier alpha value is -3.72. The Bertz CT molecular complexity index is 1330. The molecule has 1 saturated heterocycles. The summed E-state index contributed by atoms with van der Waals surface area (Å²) in [7, 11) is 0. The van der Waals surface area contributed by atoms with Gasteiger partial charge in [0.05, 0.1) is 23.5 Å². The van der Waals surface area contributed by atoms with E-state index in [1.807, 2.05) is 18.2 Å². The van der Waals surface area contributed by atoms with E-state index in [2.05, 4.69) is 41.9 Å². The Kier molecular flexibility index (Phi) is 4.67. The molecule has 1 fully saturated rings. The number of rotatable bonds is 3. The summed E-state index contributed by atoms with van der Waals surface area (Å²) in [6.45, 7) is 5.23. The molecule has 6 heteroatoms. The highest BCUT2D eigenvalue weighted by molar-refractivity contribution is 5.65. The van der Waals surface area contributed by atoms with Crippen molar-refractivity contribution in [1.82, 2.24) is 14.6 Å². The summed E-state index contributed by atoms with van der Waals surface area (Å²) in [5.74, 6) is 0.361. The van der Waals surface area contributed by atoms with Gasteiger partial charge in [0.15, 0.2) is 5.65 Å². The number of nitrogens with zero attached hydrogens (tertiary/aromatic N) is 5. The zero-order chi connectivity index (χ0) is 21.5. The van der Waals surface area contributed by atoms with Gasteiger partial charge in [-0.3, -0.25) is 0 Å². The highest BCUT2D eigenvalue weighted by Crippen LogP contribution is 2.37. The lowest BCUT2D eigenvalue weighted by molar-refractivity contribution is 0.624. The number of benzene rings is 2. The predicted octanol–water partition coefficient (Wildman–Crippen LogP) is 5.37. The molecule has 5 nitrogen and oxygen atoms in total. The van der Waals surface area contributed by atoms with Crippen LogP contribution in [0.1, 0.15) is 41.1 Å². The summed E-state index contributed by atoms with van der Waals surface area (Å²) in [6, 6.07) is 17.3. The van der Waals surface area contributed by atoms with E-state index >= 15 is 0 Å². The summed E-state index contributed by atoms with van der Waals surface area (Å²) in [5.41, 5.74) is 6.07. The maximum atomic E-state index is 13.8. The fourth-order valence-electron chi connectivity index (χ4n) is 4.47. The maximum absolute atomic E-state index is 13.8. The van der Waals surface area contributed by atoms with Gasteiger partial charge in [0.1, 0.15) is 17.7 Å². The number of nitriles is 1. The summed E-state index contributed by atoms with van der Waals surface area (Å²) < 4.78 is 15.6. The van der Waals surface area contributed by atoms with Crippen LogP contribution in [0.2, 0.25) is 0 Å². The molecule has 154 valence electrons. The van der Waals surface area contributed by atoms with E-state index in [-0.39, 0.29) is 11.6 Å². The number of halogens is 1. The van der Waals surface area contributed by atoms with Gasteiger partial charge in [-0.15, -0.1) is 5.10 Å². The Labute approximate surface area is 180 Å². The molecule has 0 saturated carbocycles. The second-order valence-electron chi connectivity index (χ2n) is 8.12. The third-order valence-electron chi connectivity index (χ3n) is 6.07. The Morgan fingerprint density at radius 3 is 2.81 bits per heavy atom. The van der Waals surface area contributed by atoms with Crippen molar-refractivity contribution in [1.29, 1.82) is 5.26 Å². The minimum atomic E-state index is -0.526. The van der Waals surface area contributed by atoms with E-state index < -0.39 is 5.82 Å². The first-order valence-electron chi connectivity index (χ1n) is 10.4. The van der Waals surface area contributed by atoms with Crippen molar-refractivity contribution in [3.05, 3.63) is 82.8 Å². The molecule has 0 aliphatic carbocycles. The Morgan fingerprint density at radius 1 is 1.10 bits per heavy atom. The third kappa shape index (κ3) is 3.32. The normalized spacial score (nSPS) is 16.1. The molecular formula is C25H22FN5. The smallest absolute Gasteiger partial charge is 0.154 e. The molecule has 31 heavy (non-hydrogen) atoms. The molecule has 0 amide bonds. The topological polar surface area (TPSA) is 57.2 Å². The van der Waals surface area contributed by atoms with Gasteiger partial charge in [0.25, 0.3) is 0 Å². The molecule has 0 bridgehead atoms. The summed E-state index contributed by atoms with van der Waals surface area (Å²) in [4.78, 5) is 6.81. The Morgan fingerprint density at radius 2 is 1.97 bits per heavy atom. The molecule has 2 aromatic heterocycles. The van der Waals surface area contributed by atoms with Crippen molar-refractivity contribution in [2.75, 3.05) is 11.4 Å². The van der Waals surface area contributed by atoms with Gasteiger partial charge in [0.2, 0.25) is 0 Å². The van der Waals surface area contributed by atoms with Crippen LogP contribution in [0.3, 0.4) is 0 Å². The first-order chi connectivity index (χ1) is 15.0. The largest absolute Gasteiger partial charge is 0.348 e.